The fourth-order valence-corrected chi connectivity index (χ4v) is 3.68. The Labute approximate surface area is 200 Å². The average Bonchev–Trinajstić information content (AvgIpc) is 3.24. The topological polar surface area (TPSA) is 86.6 Å². The van der Waals surface area contributed by atoms with E-state index in [1.54, 1.807) is 24.3 Å². The largest absolute Gasteiger partial charge is 0.492 e. The van der Waals surface area contributed by atoms with Crippen molar-refractivity contribution in [1.29, 1.82) is 0 Å². The molecule has 0 amide bonds. The Hall–Kier alpha value is -4.14. The molecule has 0 bridgehead atoms. The van der Waals surface area contributed by atoms with Crippen LogP contribution >= 0.6 is 0 Å². The lowest BCUT2D eigenvalue weighted by Gasteiger charge is -2.11. The van der Waals surface area contributed by atoms with Gasteiger partial charge in [0, 0.05) is 23.1 Å². The number of carboxylic acids is 1. The molecule has 0 aromatic heterocycles. The van der Waals surface area contributed by atoms with E-state index in [2.05, 4.69) is 5.16 Å². The van der Waals surface area contributed by atoms with E-state index in [1.165, 1.54) is 13.2 Å². The normalized spacial score (nSPS) is 14.7. The van der Waals surface area contributed by atoms with Crippen molar-refractivity contribution in [2.45, 2.75) is 18.9 Å². The predicted molar refractivity (Wildman–Crippen MR) is 123 cm³/mol. The zero-order valence-electron chi connectivity index (χ0n) is 18.9. The van der Waals surface area contributed by atoms with Gasteiger partial charge in [0.2, 0.25) is 0 Å². The second-order valence-electron chi connectivity index (χ2n) is 7.88. The minimum atomic E-state index is -0.981. The molecule has 0 saturated carbocycles. The maximum Gasteiger partial charge on any atom is 0.304 e. The van der Waals surface area contributed by atoms with E-state index in [4.69, 9.17) is 24.2 Å². The first-order chi connectivity index (χ1) is 16.9. The Morgan fingerprint density at radius 3 is 2.51 bits per heavy atom. The van der Waals surface area contributed by atoms with Gasteiger partial charge in [0.05, 0.1) is 13.0 Å². The van der Waals surface area contributed by atoms with Crippen molar-refractivity contribution in [1.82, 2.24) is 0 Å². The number of rotatable bonds is 10. The third-order valence-electron chi connectivity index (χ3n) is 5.44. The Morgan fingerprint density at radius 1 is 1.03 bits per heavy atom. The minimum absolute atomic E-state index is 0.00719. The molecule has 3 aromatic carbocycles. The van der Waals surface area contributed by atoms with Crippen LogP contribution in [0.3, 0.4) is 0 Å². The zero-order chi connectivity index (χ0) is 24.8. The maximum atomic E-state index is 13.6. The summed E-state index contributed by atoms with van der Waals surface area (Å²) in [6.45, 7) is 0.648. The van der Waals surface area contributed by atoms with Crippen molar-refractivity contribution >= 4 is 11.7 Å². The van der Waals surface area contributed by atoms with E-state index < -0.39 is 17.6 Å². The number of halogens is 2. The molecule has 182 valence electrons. The van der Waals surface area contributed by atoms with Gasteiger partial charge in [-0.3, -0.25) is 4.79 Å². The average molecular weight is 483 g/mol. The summed E-state index contributed by atoms with van der Waals surface area (Å²) in [6.07, 6.45) is 0.0290. The second-order valence-corrected chi connectivity index (χ2v) is 7.88. The molecule has 0 radical (unpaired) electrons. The van der Waals surface area contributed by atoms with E-state index in [9.17, 15) is 13.6 Å². The highest BCUT2D eigenvalue weighted by molar-refractivity contribution is 6.01. The van der Waals surface area contributed by atoms with Gasteiger partial charge in [0.15, 0.2) is 11.6 Å². The molecule has 0 spiro atoms. The van der Waals surface area contributed by atoms with E-state index in [0.29, 0.717) is 41.7 Å². The summed E-state index contributed by atoms with van der Waals surface area (Å²) in [6, 6.07) is 16.1. The van der Waals surface area contributed by atoms with Crippen LogP contribution in [0.25, 0.3) is 0 Å². The molecule has 0 aliphatic carbocycles. The first kappa shape index (κ1) is 24.0. The summed E-state index contributed by atoms with van der Waals surface area (Å²) in [5, 5.41) is 12.9. The third-order valence-corrected chi connectivity index (χ3v) is 5.44. The number of carbonyl (C=O) groups is 1. The lowest BCUT2D eigenvalue weighted by Crippen LogP contribution is -2.14. The van der Waals surface area contributed by atoms with Crippen LogP contribution in [-0.4, -0.2) is 37.1 Å². The molecule has 1 N–H and O–H groups in total. The zero-order valence-corrected chi connectivity index (χ0v) is 18.9. The number of aliphatic carboxylic acids is 1. The summed E-state index contributed by atoms with van der Waals surface area (Å²) >= 11 is 0. The van der Waals surface area contributed by atoms with Crippen molar-refractivity contribution < 1.29 is 37.7 Å². The number of benzene rings is 3. The van der Waals surface area contributed by atoms with Crippen molar-refractivity contribution in [2.75, 3.05) is 20.3 Å². The fourth-order valence-electron chi connectivity index (χ4n) is 3.68. The van der Waals surface area contributed by atoms with E-state index >= 15 is 0 Å². The number of carboxylic acid groups (broad SMARTS) is 1. The molecule has 1 atom stereocenters. The molecule has 3 aromatic rings. The summed E-state index contributed by atoms with van der Waals surface area (Å²) in [7, 11) is 1.36. The van der Waals surface area contributed by atoms with Crippen molar-refractivity contribution in [3.63, 3.8) is 0 Å². The lowest BCUT2D eigenvalue weighted by molar-refractivity contribution is -0.137. The lowest BCUT2D eigenvalue weighted by atomic mass is 9.98. The third kappa shape index (κ3) is 6.06. The molecule has 35 heavy (non-hydrogen) atoms. The van der Waals surface area contributed by atoms with Gasteiger partial charge < -0.3 is 24.2 Å². The quantitative estimate of drug-likeness (QED) is 0.325. The minimum Gasteiger partial charge on any atom is -0.492 e. The van der Waals surface area contributed by atoms with Gasteiger partial charge >= 0.3 is 5.97 Å². The highest BCUT2D eigenvalue weighted by Gasteiger charge is 2.26. The van der Waals surface area contributed by atoms with Gasteiger partial charge in [-0.2, -0.15) is 0 Å². The standard InChI is InChI=1S/C26H23F2NO6/c1-32-29-24(17-4-9-22(27)23(28)10-17)15-34-19-5-2-16(3-6-19)13-33-20-7-8-21-18(11-26(30)31)14-35-25(21)12-20/h2-10,12,18H,11,13-15H2,1H3,(H,30,31). The highest BCUT2D eigenvalue weighted by atomic mass is 19.2. The first-order valence-electron chi connectivity index (χ1n) is 10.8. The van der Waals surface area contributed by atoms with E-state index in [-0.39, 0.29) is 18.9 Å². The number of ether oxygens (including phenoxy) is 3. The van der Waals surface area contributed by atoms with Gasteiger partial charge in [-0.05, 0) is 42.0 Å². The molecule has 7 nitrogen and oxygen atoms in total. The maximum absolute atomic E-state index is 13.6. The molecule has 9 heteroatoms. The van der Waals surface area contributed by atoms with Crippen LogP contribution in [0.5, 0.6) is 17.2 Å². The summed E-state index contributed by atoms with van der Waals surface area (Å²) < 4.78 is 43.9. The summed E-state index contributed by atoms with van der Waals surface area (Å²) in [5.41, 5.74) is 2.43. The summed E-state index contributed by atoms with van der Waals surface area (Å²) in [5.74, 6) is -1.12. The number of fused-ring (bicyclic) bond motifs is 1. The first-order valence-corrected chi connectivity index (χ1v) is 10.8. The van der Waals surface area contributed by atoms with Crippen LogP contribution in [0.15, 0.2) is 65.8 Å². The Balaban J connectivity index is 1.32. The van der Waals surface area contributed by atoms with Crippen molar-refractivity contribution in [2.24, 2.45) is 5.16 Å². The fraction of sp³-hybridized carbons (Fsp3) is 0.231. The predicted octanol–water partition coefficient (Wildman–Crippen LogP) is 4.92. The Kier molecular flexibility index (Phi) is 7.45. The van der Waals surface area contributed by atoms with E-state index in [0.717, 1.165) is 23.3 Å². The molecule has 1 aliphatic heterocycles. The van der Waals surface area contributed by atoms with Crippen LogP contribution in [0.2, 0.25) is 0 Å². The van der Waals surface area contributed by atoms with Crippen molar-refractivity contribution in [3.8, 4) is 17.2 Å². The van der Waals surface area contributed by atoms with Gasteiger partial charge in [0.25, 0.3) is 0 Å². The Morgan fingerprint density at radius 2 is 1.80 bits per heavy atom. The summed E-state index contributed by atoms with van der Waals surface area (Å²) in [4.78, 5) is 15.8. The molecule has 1 unspecified atom stereocenters. The number of nitrogens with zero attached hydrogens (tertiary/aromatic N) is 1. The van der Waals surface area contributed by atoms with Crippen LogP contribution in [0.4, 0.5) is 8.78 Å². The molecule has 1 heterocycles. The second kappa shape index (κ2) is 10.9. The van der Waals surface area contributed by atoms with Gasteiger partial charge in [-0.15, -0.1) is 0 Å². The highest BCUT2D eigenvalue weighted by Crippen LogP contribution is 2.38. The molecular formula is C26H23F2NO6. The van der Waals surface area contributed by atoms with Gasteiger partial charge in [0.1, 0.15) is 43.3 Å². The molecule has 0 saturated heterocycles. The number of hydrogen-bond donors (Lipinski definition) is 1. The number of hydrogen-bond acceptors (Lipinski definition) is 6. The molecule has 1 aliphatic rings. The number of oxime groups is 1. The van der Waals surface area contributed by atoms with Crippen LogP contribution in [-0.2, 0) is 16.2 Å². The van der Waals surface area contributed by atoms with Gasteiger partial charge in [-0.1, -0.05) is 23.4 Å². The molecule has 0 fully saturated rings. The van der Waals surface area contributed by atoms with Crippen LogP contribution in [0, 0.1) is 11.6 Å². The molecule has 4 rings (SSSR count). The SMILES string of the molecule is CON=C(COc1ccc(COc2ccc3c(c2)OCC3CC(=O)O)cc1)c1ccc(F)c(F)c1. The van der Waals surface area contributed by atoms with Crippen molar-refractivity contribution in [3.05, 3.63) is 89.0 Å². The van der Waals surface area contributed by atoms with Crippen LogP contribution in [0.1, 0.15) is 29.0 Å². The Bertz CT molecular complexity index is 1230. The molecular weight excluding hydrogens is 460 g/mol. The monoisotopic (exact) mass is 483 g/mol. The van der Waals surface area contributed by atoms with E-state index in [1.807, 2.05) is 18.2 Å². The smallest absolute Gasteiger partial charge is 0.304 e. The van der Waals surface area contributed by atoms with Crippen LogP contribution < -0.4 is 14.2 Å². The van der Waals surface area contributed by atoms with Gasteiger partial charge in [-0.25, -0.2) is 8.78 Å².